The van der Waals surface area contributed by atoms with Crippen LogP contribution >= 0.6 is 11.6 Å². The maximum Gasteiger partial charge on any atom is 0.107 e. The van der Waals surface area contributed by atoms with E-state index in [0.29, 0.717) is 24.1 Å². The molecule has 0 saturated heterocycles. The topological polar surface area (TPSA) is 66.0 Å². The van der Waals surface area contributed by atoms with Crippen LogP contribution in [0, 0.1) is 6.92 Å². The van der Waals surface area contributed by atoms with E-state index in [4.69, 9.17) is 32.0 Å². The normalized spacial score (nSPS) is 12.9. The highest BCUT2D eigenvalue weighted by Gasteiger charge is 2.18. The Morgan fingerprint density at radius 2 is 1.96 bits per heavy atom. The second kappa shape index (κ2) is 7.97. The second-order valence-corrected chi connectivity index (χ2v) is 7.71. The Balaban J connectivity index is 2.17. The minimum Gasteiger partial charge on any atom is -0.383 e. The molecule has 0 bridgehead atoms. The Morgan fingerprint density at radius 3 is 2.59 bits per heavy atom. The van der Waals surface area contributed by atoms with Crippen LogP contribution < -0.4 is 5.73 Å². The van der Waals surface area contributed by atoms with Gasteiger partial charge in [-0.1, -0.05) is 25.4 Å². The fourth-order valence-electron chi connectivity index (χ4n) is 3.39. The minimum atomic E-state index is 0.170. The van der Waals surface area contributed by atoms with E-state index >= 15 is 0 Å². The number of hydrogen-bond acceptors (Lipinski definition) is 4. The van der Waals surface area contributed by atoms with Crippen LogP contribution in [-0.4, -0.2) is 28.3 Å². The van der Waals surface area contributed by atoms with Gasteiger partial charge in [0.1, 0.15) is 5.52 Å². The van der Waals surface area contributed by atoms with E-state index in [1.807, 2.05) is 6.20 Å². The number of methoxy groups -OCH3 is 1. The molecule has 0 fully saturated rings. The molecule has 0 aromatic carbocycles. The van der Waals surface area contributed by atoms with Gasteiger partial charge in [-0.2, -0.15) is 0 Å². The summed E-state index contributed by atoms with van der Waals surface area (Å²) in [6.45, 7) is 9.39. The Morgan fingerprint density at radius 1 is 1.22 bits per heavy atom. The third-order valence-electron chi connectivity index (χ3n) is 4.87. The number of nitrogens with zero attached hydrogens (tertiary/aromatic N) is 3. The molecule has 2 N–H and O–H groups in total. The molecule has 5 nitrogen and oxygen atoms in total. The third kappa shape index (κ3) is 3.72. The first-order valence-electron chi connectivity index (χ1n) is 9.24. The van der Waals surface area contributed by atoms with Crippen molar-refractivity contribution in [2.45, 2.75) is 46.2 Å². The Labute approximate surface area is 165 Å². The number of hydrogen-bond donors (Lipinski definition) is 1. The SMILES string of the molecule is COC[C@H](C)n1cc(Cl)c2nc(-c3ccc(C(C)C)nc3CN)c(C)cc21. The molecular formula is C21H27ClN4O. The molecule has 144 valence electrons. The van der Waals surface area contributed by atoms with Crippen molar-refractivity contribution in [3.63, 3.8) is 0 Å². The molecule has 0 amide bonds. The summed E-state index contributed by atoms with van der Waals surface area (Å²) in [4.78, 5) is 9.65. The molecule has 0 radical (unpaired) electrons. The van der Waals surface area contributed by atoms with Gasteiger partial charge in [-0.3, -0.25) is 4.98 Å². The molecule has 3 aromatic heterocycles. The van der Waals surface area contributed by atoms with Crippen LogP contribution in [0.4, 0.5) is 0 Å². The predicted molar refractivity (Wildman–Crippen MR) is 111 cm³/mol. The maximum absolute atomic E-state index is 6.51. The van der Waals surface area contributed by atoms with Crippen LogP contribution in [0.1, 0.15) is 49.7 Å². The number of aromatic nitrogens is 3. The summed E-state index contributed by atoms with van der Waals surface area (Å²) in [5.74, 6) is 0.353. The van der Waals surface area contributed by atoms with E-state index in [9.17, 15) is 0 Å². The van der Waals surface area contributed by atoms with Gasteiger partial charge in [-0.05, 0) is 43.5 Å². The van der Waals surface area contributed by atoms with E-state index in [-0.39, 0.29) is 6.04 Å². The summed E-state index contributed by atoms with van der Waals surface area (Å²) >= 11 is 6.51. The number of fused-ring (bicyclic) bond motifs is 1. The van der Waals surface area contributed by atoms with Crippen molar-refractivity contribution in [1.82, 2.24) is 14.5 Å². The standard InChI is InChI=1S/C21H27ClN4O/c1-12(2)17-7-6-15(18(9-23)24-17)20-13(3)8-19-21(25-20)16(22)10-26(19)14(4)11-27-5/h6-8,10,12,14H,9,11,23H2,1-5H3/t14-/m0/s1. The number of halogens is 1. The van der Waals surface area contributed by atoms with Gasteiger partial charge in [0.25, 0.3) is 0 Å². The second-order valence-electron chi connectivity index (χ2n) is 7.30. The zero-order valence-corrected chi connectivity index (χ0v) is 17.3. The van der Waals surface area contributed by atoms with Gasteiger partial charge >= 0.3 is 0 Å². The van der Waals surface area contributed by atoms with Gasteiger partial charge in [0.15, 0.2) is 0 Å². The molecule has 3 aromatic rings. The highest BCUT2D eigenvalue weighted by Crippen LogP contribution is 2.33. The number of rotatable bonds is 6. The molecule has 0 spiro atoms. The lowest BCUT2D eigenvalue weighted by Crippen LogP contribution is -2.10. The average molecular weight is 387 g/mol. The van der Waals surface area contributed by atoms with Gasteiger partial charge in [-0.15, -0.1) is 0 Å². The Bertz CT molecular complexity index is 964. The lowest BCUT2D eigenvalue weighted by atomic mass is 10.0. The van der Waals surface area contributed by atoms with Crippen LogP contribution in [0.5, 0.6) is 0 Å². The molecule has 6 heteroatoms. The summed E-state index contributed by atoms with van der Waals surface area (Å²) in [7, 11) is 1.70. The highest BCUT2D eigenvalue weighted by molar-refractivity contribution is 6.35. The van der Waals surface area contributed by atoms with Crippen molar-refractivity contribution in [1.29, 1.82) is 0 Å². The molecular weight excluding hydrogens is 360 g/mol. The number of nitrogens with two attached hydrogens (primary N) is 1. The lowest BCUT2D eigenvalue weighted by Gasteiger charge is -2.16. The quantitative estimate of drug-likeness (QED) is 0.657. The fraction of sp³-hybridized carbons (Fsp3) is 0.429. The van der Waals surface area contributed by atoms with E-state index in [1.165, 1.54) is 0 Å². The first kappa shape index (κ1) is 19.8. The van der Waals surface area contributed by atoms with Crippen LogP contribution in [0.15, 0.2) is 24.4 Å². The maximum atomic E-state index is 6.51. The lowest BCUT2D eigenvalue weighted by molar-refractivity contribution is 0.164. The highest BCUT2D eigenvalue weighted by atomic mass is 35.5. The smallest absolute Gasteiger partial charge is 0.107 e. The molecule has 0 aliphatic rings. The van der Waals surface area contributed by atoms with Crippen LogP contribution in [0.3, 0.4) is 0 Å². The third-order valence-corrected chi connectivity index (χ3v) is 5.14. The van der Waals surface area contributed by atoms with Crippen LogP contribution in [0.25, 0.3) is 22.3 Å². The summed E-state index contributed by atoms with van der Waals surface area (Å²) in [5, 5.41) is 0.635. The van der Waals surface area contributed by atoms with Crippen LogP contribution in [0.2, 0.25) is 5.02 Å². The van der Waals surface area contributed by atoms with E-state index in [2.05, 4.69) is 50.5 Å². The molecule has 27 heavy (non-hydrogen) atoms. The van der Waals surface area contributed by atoms with Crippen molar-refractivity contribution >= 4 is 22.6 Å². The first-order chi connectivity index (χ1) is 12.9. The predicted octanol–water partition coefficient (Wildman–Crippen LogP) is 4.85. The van der Waals surface area contributed by atoms with Crippen molar-refractivity contribution in [3.05, 3.63) is 46.4 Å². The number of pyridine rings is 2. The van der Waals surface area contributed by atoms with Gasteiger partial charge < -0.3 is 15.0 Å². The molecule has 1 atom stereocenters. The first-order valence-corrected chi connectivity index (χ1v) is 9.62. The Kier molecular flexibility index (Phi) is 5.84. The van der Waals surface area contributed by atoms with Gasteiger partial charge in [0.05, 0.1) is 34.6 Å². The zero-order chi connectivity index (χ0) is 19.7. The summed E-state index contributed by atoms with van der Waals surface area (Å²) in [6.07, 6.45) is 1.93. The fourth-order valence-corrected chi connectivity index (χ4v) is 3.64. The van der Waals surface area contributed by atoms with Gasteiger partial charge in [0.2, 0.25) is 0 Å². The molecule has 0 aliphatic carbocycles. The van der Waals surface area contributed by atoms with Crippen molar-refractivity contribution in [2.75, 3.05) is 13.7 Å². The monoisotopic (exact) mass is 386 g/mol. The van der Waals surface area contributed by atoms with Crippen molar-refractivity contribution in [2.24, 2.45) is 5.73 Å². The molecule has 3 rings (SSSR count). The van der Waals surface area contributed by atoms with Gasteiger partial charge in [-0.25, -0.2) is 4.98 Å². The van der Waals surface area contributed by atoms with Gasteiger partial charge in [0, 0.05) is 31.1 Å². The van der Waals surface area contributed by atoms with E-state index in [1.54, 1.807) is 7.11 Å². The molecule has 0 unspecified atom stereocenters. The number of aryl methyl sites for hydroxylation is 1. The summed E-state index contributed by atoms with van der Waals surface area (Å²) < 4.78 is 7.41. The van der Waals surface area contributed by atoms with E-state index in [0.717, 1.165) is 39.2 Å². The zero-order valence-electron chi connectivity index (χ0n) is 16.6. The average Bonchev–Trinajstić information content (AvgIpc) is 2.96. The van der Waals surface area contributed by atoms with Crippen LogP contribution in [-0.2, 0) is 11.3 Å². The van der Waals surface area contributed by atoms with Crippen molar-refractivity contribution < 1.29 is 4.74 Å². The number of ether oxygens (including phenoxy) is 1. The summed E-state index contributed by atoms with van der Waals surface area (Å²) in [5.41, 5.74) is 12.6. The van der Waals surface area contributed by atoms with Crippen molar-refractivity contribution in [3.8, 4) is 11.3 Å². The molecule has 3 heterocycles. The Hall–Kier alpha value is -1.95. The molecule has 0 aliphatic heterocycles. The molecule has 0 saturated carbocycles. The van der Waals surface area contributed by atoms with E-state index < -0.39 is 0 Å². The largest absolute Gasteiger partial charge is 0.383 e. The minimum absolute atomic E-state index is 0.170. The summed E-state index contributed by atoms with van der Waals surface area (Å²) in [6, 6.07) is 6.43.